The van der Waals surface area contributed by atoms with Crippen LogP contribution in [0.1, 0.15) is 42.5 Å². The molecule has 1 aromatic rings. The van der Waals surface area contributed by atoms with Gasteiger partial charge in [-0.25, -0.2) is 0 Å². The standard InChI is InChI=1S/C15H20N2O/c18-15(11-5-2-1-3-6-11)17-14-9-12-7-4-8-13(10-14)16-12/h1-3,5-6,12-14,16H,4,7-10H2,(H,17,18)/t12-,13-/m1/s1. The minimum absolute atomic E-state index is 0.0700. The summed E-state index contributed by atoms with van der Waals surface area (Å²) in [7, 11) is 0. The van der Waals surface area contributed by atoms with Crippen LogP contribution in [0.15, 0.2) is 30.3 Å². The van der Waals surface area contributed by atoms with Gasteiger partial charge in [0.15, 0.2) is 0 Å². The maximum atomic E-state index is 12.1. The molecule has 3 nitrogen and oxygen atoms in total. The first-order chi connectivity index (χ1) is 8.81. The Kier molecular flexibility index (Phi) is 3.33. The lowest BCUT2D eigenvalue weighted by Gasteiger charge is -2.40. The molecule has 2 fully saturated rings. The van der Waals surface area contributed by atoms with Crippen LogP contribution in [-0.4, -0.2) is 24.0 Å². The average molecular weight is 244 g/mol. The molecule has 3 rings (SSSR count). The molecule has 2 heterocycles. The van der Waals surface area contributed by atoms with Crippen molar-refractivity contribution < 1.29 is 4.79 Å². The molecule has 0 aromatic heterocycles. The summed E-state index contributed by atoms with van der Waals surface area (Å²) in [6.07, 6.45) is 6.01. The van der Waals surface area contributed by atoms with Gasteiger partial charge in [0.2, 0.25) is 0 Å². The van der Waals surface area contributed by atoms with E-state index in [1.165, 1.54) is 19.3 Å². The van der Waals surface area contributed by atoms with Crippen molar-refractivity contribution in [2.75, 3.05) is 0 Å². The molecule has 2 N–H and O–H groups in total. The van der Waals surface area contributed by atoms with Crippen LogP contribution in [0.3, 0.4) is 0 Å². The van der Waals surface area contributed by atoms with Crippen LogP contribution in [-0.2, 0) is 0 Å². The Hall–Kier alpha value is -1.35. The number of carbonyl (C=O) groups is 1. The Bertz CT molecular complexity index is 406. The minimum atomic E-state index is 0.0700. The monoisotopic (exact) mass is 244 g/mol. The Morgan fingerprint density at radius 1 is 1.11 bits per heavy atom. The summed E-state index contributed by atoms with van der Waals surface area (Å²) in [5.74, 6) is 0.0700. The van der Waals surface area contributed by atoms with Gasteiger partial charge in [0.1, 0.15) is 0 Å². The van der Waals surface area contributed by atoms with E-state index in [4.69, 9.17) is 0 Å². The molecule has 0 unspecified atom stereocenters. The summed E-state index contributed by atoms with van der Waals surface area (Å²) in [6.45, 7) is 0. The fourth-order valence-electron chi connectivity index (χ4n) is 3.24. The van der Waals surface area contributed by atoms with Gasteiger partial charge >= 0.3 is 0 Å². The van der Waals surface area contributed by atoms with Crippen molar-refractivity contribution in [3.8, 4) is 0 Å². The van der Waals surface area contributed by atoms with Crippen molar-refractivity contribution in [2.45, 2.75) is 50.2 Å². The van der Waals surface area contributed by atoms with E-state index in [9.17, 15) is 4.79 Å². The largest absolute Gasteiger partial charge is 0.349 e. The molecule has 1 amide bonds. The molecule has 18 heavy (non-hydrogen) atoms. The van der Waals surface area contributed by atoms with E-state index in [0.29, 0.717) is 18.1 Å². The number of hydrogen-bond donors (Lipinski definition) is 2. The van der Waals surface area contributed by atoms with E-state index < -0.39 is 0 Å². The van der Waals surface area contributed by atoms with Gasteiger partial charge in [-0.1, -0.05) is 24.6 Å². The number of piperidine rings is 2. The van der Waals surface area contributed by atoms with Crippen LogP contribution in [0.2, 0.25) is 0 Å². The zero-order chi connectivity index (χ0) is 12.4. The lowest BCUT2D eigenvalue weighted by atomic mass is 9.84. The second kappa shape index (κ2) is 5.11. The summed E-state index contributed by atoms with van der Waals surface area (Å²) in [4.78, 5) is 12.1. The van der Waals surface area contributed by atoms with Crippen molar-refractivity contribution in [1.29, 1.82) is 0 Å². The van der Waals surface area contributed by atoms with Gasteiger partial charge in [0.25, 0.3) is 5.91 Å². The molecule has 2 saturated heterocycles. The maximum absolute atomic E-state index is 12.1. The molecule has 2 aliphatic rings. The van der Waals surface area contributed by atoms with E-state index in [2.05, 4.69) is 10.6 Å². The molecular formula is C15H20N2O. The van der Waals surface area contributed by atoms with Crippen molar-refractivity contribution in [2.24, 2.45) is 0 Å². The summed E-state index contributed by atoms with van der Waals surface area (Å²) < 4.78 is 0. The molecule has 0 radical (unpaired) electrons. The van der Waals surface area contributed by atoms with Crippen LogP contribution >= 0.6 is 0 Å². The second-order valence-electron chi connectivity index (χ2n) is 5.50. The summed E-state index contributed by atoms with van der Waals surface area (Å²) >= 11 is 0. The number of fused-ring (bicyclic) bond motifs is 2. The van der Waals surface area contributed by atoms with Crippen molar-refractivity contribution in [1.82, 2.24) is 10.6 Å². The third-order valence-electron chi connectivity index (χ3n) is 4.09. The number of hydrogen-bond acceptors (Lipinski definition) is 2. The van der Waals surface area contributed by atoms with Crippen LogP contribution < -0.4 is 10.6 Å². The molecule has 0 aliphatic carbocycles. The van der Waals surface area contributed by atoms with Gasteiger partial charge in [-0.15, -0.1) is 0 Å². The normalized spacial score (nSPS) is 30.8. The first kappa shape index (κ1) is 11.7. The molecule has 2 bridgehead atoms. The Labute approximate surface area is 108 Å². The predicted molar refractivity (Wildman–Crippen MR) is 71.5 cm³/mol. The zero-order valence-electron chi connectivity index (χ0n) is 10.6. The Morgan fingerprint density at radius 2 is 1.78 bits per heavy atom. The van der Waals surface area contributed by atoms with E-state index in [1.807, 2.05) is 30.3 Å². The number of amides is 1. The van der Waals surface area contributed by atoms with Crippen molar-refractivity contribution in [3.05, 3.63) is 35.9 Å². The van der Waals surface area contributed by atoms with Gasteiger partial charge in [0.05, 0.1) is 0 Å². The van der Waals surface area contributed by atoms with Crippen molar-refractivity contribution >= 4 is 5.91 Å². The van der Waals surface area contributed by atoms with E-state index >= 15 is 0 Å². The minimum Gasteiger partial charge on any atom is -0.349 e. The number of rotatable bonds is 2. The van der Waals surface area contributed by atoms with Crippen LogP contribution in [0.4, 0.5) is 0 Å². The van der Waals surface area contributed by atoms with Gasteiger partial charge in [0, 0.05) is 23.7 Å². The van der Waals surface area contributed by atoms with Gasteiger partial charge in [-0.3, -0.25) is 4.79 Å². The maximum Gasteiger partial charge on any atom is 0.251 e. The first-order valence-corrected chi connectivity index (χ1v) is 6.93. The number of benzene rings is 1. The predicted octanol–water partition coefficient (Wildman–Crippen LogP) is 2.09. The Balaban J connectivity index is 1.61. The highest BCUT2D eigenvalue weighted by molar-refractivity contribution is 5.94. The topological polar surface area (TPSA) is 41.1 Å². The summed E-state index contributed by atoms with van der Waals surface area (Å²) in [6, 6.07) is 11.1. The lowest BCUT2D eigenvalue weighted by molar-refractivity contribution is 0.0907. The molecule has 0 saturated carbocycles. The molecule has 1 aromatic carbocycles. The van der Waals surface area contributed by atoms with Gasteiger partial charge in [-0.05, 0) is 37.8 Å². The second-order valence-corrected chi connectivity index (χ2v) is 5.50. The third kappa shape index (κ3) is 2.56. The molecule has 0 spiro atoms. The summed E-state index contributed by atoms with van der Waals surface area (Å²) in [5.41, 5.74) is 0.765. The van der Waals surface area contributed by atoms with Crippen LogP contribution in [0.25, 0.3) is 0 Å². The van der Waals surface area contributed by atoms with E-state index in [-0.39, 0.29) is 5.91 Å². The molecule has 96 valence electrons. The third-order valence-corrected chi connectivity index (χ3v) is 4.09. The van der Waals surface area contributed by atoms with E-state index in [1.54, 1.807) is 0 Å². The molecule has 3 heteroatoms. The average Bonchev–Trinajstić information content (AvgIpc) is 2.39. The van der Waals surface area contributed by atoms with Crippen molar-refractivity contribution in [3.63, 3.8) is 0 Å². The number of nitrogens with one attached hydrogen (secondary N) is 2. The highest BCUT2D eigenvalue weighted by Crippen LogP contribution is 2.25. The lowest BCUT2D eigenvalue weighted by Crippen LogP contribution is -2.54. The Morgan fingerprint density at radius 3 is 2.44 bits per heavy atom. The highest BCUT2D eigenvalue weighted by Gasteiger charge is 2.31. The quantitative estimate of drug-likeness (QED) is 0.836. The molecule has 2 aliphatic heterocycles. The van der Waals surface area contributed by atoms with Gasteiger partial charge in [-0.2, -0.15) is 0 Å². The van der Waals surface area contributed by atoms with Crippen LogP contribution in [0, 0.1) is 0 Å². The van der Waals surface area contributed by atoms with Gasteiger partial charge < -0.3 is 10.6 Å². The SMILES string of the molecule is O=C(NC1C[C@H]2CCC[C@H](C1)N2)c1ccccc1. The van der Waals surface area contributed by atoms with Crippen LogP contribution in [0.5, 0.6) is 0 Å². The number of carbonyl (C=O) groups excluding carboxylic acids is 1. The zero-order valence-corrected chi connectivity index (χ0v) is 10.6. The highest BCUT2D eigenvalue weighted by atomic mass is 16.1. The molecular weight excluding hydrogens is 224 g/mol. The first-order valence-electron chi connectivity index (χ1n) is 6.93. The van der Waals surface area contributed by atoms with E-state index in [0.717, 1.165) is 18.4 Å². The smallest absolute Gasteiger partial charge is 0.251 e. The summed E-state index contributed by atoms with van der Waals surface area (Å²) in [5, 5.41) is 6.83. The fourth-order valence-corrected chi connectivity index (χ4v) is 3.24. The fraction of sp³-hybridized carbons (Fsp3) is 0.533. The molecule has 2 atom stereocenters.